The van der Waals surface area contributed by atoms with Crippen molar-refractivity contribution < 1.29 is 9.53 Å². The fraction of sp³-hybridized carbons (Fsp3) is 0.192. The Labute approximate surface area is 165 Å². The van der Waals surface area contributed by atoms with Crippen molar-refractivity contribution in [3.8, 4) is 5.75 Å². The van der Waals surface area contributed by atoms with Crippen LogP contribution >= 0.6 is 0 Å². The van der Waals surface area contributed by atoms with E-state index in [1.54, 1.807) is 6.08 Å². The fourth-order valence-corrected chi connectivity index (χ4v) is 4.81. The van der Waals surface area contributed by atoms with Crippen molar-refractivity contribution in [1.29, 1.82) is 0 Å². The Morgan fingerprint density at radius 2 is 1.71 bits per heavy atom. The number of carbonyl (C=O) groups is 1. The minimum atomic E-state index is -0.203. The lowest BCUT2D eigenvalue weighted by atomic mass is 9.63. The molecule has 0 fully saturated rings. The molecule has 1 spiro atoms. The number of ether oxygens (including phenoxy) is 1. The third-order valence-electron chi connectivity index (χ3n) is 6.02. The van der Waals surface area contributed by atoms with Gasteiger partial charge in [-0.2, -0.15) is 0 Å². The number of ketones is 1. The number of fused-ring (bicyclic) bond motifs is 2. The molecule has 2 aliphatic rings. The third kappa shape index (κ3) is 2.52. The van der Waals surface area contributed by atoms with E-state index in [4.69, 9.17) is 4.74 Å². The van der Waals surface area contributed by atoms with Crippen molar-refractivity contribution in [3.05, 3.63) is 101 Å². The number of allylic oxidation sites excluding steroid dienone is 3. The maximum atomic E-state index is 12.8. The van der Waals surface area contributed by atoms with Gasteiger partial charge >= 0.3 is 0 Å². The van der Waals surface area contributed by atoms with Crippen LogP contribution in [0.1, 0.15) is 34.0 Å². The van der Waals surface area contributed by atoms with Crippen LogP contribution in [0.3, 0.4) is 0 Å². The molecule has 3 aromatic rings. The van der Waals surface area contributed by atoms with E-state index >= 15 is 0 Å². The van der Waals surface area contributed by atoms with E-state index in [1.807, 2.05) is 31.2 Å². The standard InChI is InChI=1S/C26H22O2/c1-2-3-15-28-23-12-6-11-21-25(23)22(27)13-14-26(21)16-19-9-4-7-18-8-5-10-20(17-26)24(18)19/h2-14H,15-17H2,1H3/b3-2+. The number of hydrogen-bond acceptors (Lipinski definition) is 2. The Balaban J connectivity index is 1.66. The number of carbonyl (C=O) groups excluding carboxylic acids is 1. The summed E-state index contributed by atoms with van der Waals surface area (Å²) in [6, 6.07) is 19.1. The van der Waals surface area contributed by atoms with Gasteiger partial charge in [0.25, 0.3) is 0 Å². The Hall–Kier alpha value is -3.13. The summed E-state index contributed by atoms with van der Waals surface area (Å²) >= 11 is 0. The monoisotopic (exact) mass is 366 g/mol. The van der Waals surface area contributed by atoms with Crippen molar-refractivity contribution in [2.24, 2.45) is 0 Å². The first-order valence-electron chi connectivity index (χ1n) is 9.82. The zero-order valence-electron chi connectivity index (χ0n) is 15.9. The normalized spacial score (nSPS) is 16.7. The first-order valence-corrected chi connectivity index (χ1v) is 9.82. The van der Waals surface area contributed by atoms with Gasteiger partial charge in [0.1, 0.15) is 12.4 Å². The summed E-state index contributed by atoms with van der Waals surface area (Å²) in [5.74, 6) is 0.718. The Kier molecular flexibility index (Phi) is 3.94. The van der Waals surface area contributed by atoms with Gasteiger partial charge in [-0.25, -0.2) is 0 Å². The number of rotatable bonds is 3. The van der Waals surface area contributed by atoms with Crippen LogP contribution in [0.5, 0.6) is 5.75 Å². The molecule has 0 aliphatic heterocycles. The summed E-state index contributed by atoms with van der Waals surface area (Å²) in [5, 5.41) is 2.67. The van der Waals surface area contributed by atoms with Gasteiger partial charge < -0.3 is 4.74 Å². The molecule has 0 heterocycles. The second-order valence-electron chi connectivity index (χ2n) is 7.70. The van der Waals surface area contributed by atoms with Crippen LogP contribution in [-0.4, -0.2) is 12.4 Å². The highest BCUT2D eigenvalue weighted by Crippen LogP contribution is 2.46. The van der Waals surface area contributed by atoms with E-state index in [9.17, 15) is 4.79 Å². The molecule has 3 aromatic carbocycles. The molecule has 138 valence electrons. The lowest BCUT2D eigenvalue weighted by molar-refractivity contribution is 0.103. The molecule has 0 aromatic heterocycles. The van der Waals surface area contributed by atoms with Crippen LogP contribution in [0.15, 0.2) is 78.9 Å². The summed E-state index contributed by atoms with van der Waals surface area (Å²) < 4.78 is 5.93. The Morgan fingerprint density at radius 3 is 2.43 bits per heavy atom. The van der Waals surface area contributed by atoms with Gasteiger partial charge in [-0.15, -0.1) is 0 Å². The van der Waals surface area contributed by atoms with Crippen molar-refractivity contribution in [2.75, 3.05) is 6.61 Å². The predicted molar refractivity (Wildman–Crippen MR) is 113 cm³/mol. The molecule has 0 N–H and O–H groups in total. The maximum Gasteiger partial charge on any atom is 0.189 e. The molecule has 0 unspecified atom stereocenters. The fourth-order valence-electron chi connectivity index (χ4n) is 4.81. The molecule has 0 bridgehead atoms. The van der Waals surface area contributed by atoms with Gasteiger partial charge in [0.2, 0.25) is 0 Å². The van der Waals surface area contributed by atoms with Crippen LogP contribution in [0, 0.1) is 0 Å². The Morgan fingerprint density at radius 1 is 1.00 bits per heavy atom. The third-order valence-corrected chi connectivity index (χ3v) is 6.02. The van der Waals surface area contributed by atoms with Crippen LogP contribution in [0.4, 0.5) is 0 Å². The molecule has 0 saturated carbocycles. The van der Waals surface area contributed by atoms with Gasteiger partial charge in [-0.1, -0.05) is 66.8 Å². The summed E-state index contributed by atoms with van der Waals surface area (Å²) in [5.41, 5.74) is 4.31. The summed E-state index contributed by atoms with van der Waals surface area (Å²) in [7, 11) is 0. The second-order valence-corrected chi connectivity index (χ2v) is 7.70. The van der Waals surface area contributed by atoms with Crippen molar-refractivity contribution in [3.63, 3.8) is 0 Å². The quantitative estimate of drug-likeness (QED) is 0.565. The molecule has 2 nitrogen and oxygen atoms in total. The molecule has 0 saturated heterocycles. The molecule has 2 aliphatic carbocycles. The molecule has 2 heteroatoms. The average molecular weight is 366 g/mol. The van der Waals surface area contributed by atoms with E-state index in [1.165, 1.54) is 21.9 Å². The van der Waals surface area contributed by atoms with Crippen molar-refractivity contribution in [1.82, 2.24) is 0 Å². The molecular weight excluding hydrogens is 344 g/mol. The smallest absolute Gasteiger partial charge is 0.189 e. The van der Waals surface area contributed by atoms with Gasteiger partial charge in [0.15, 0.2) is 5.78 Å². The lowest BCUT2D eigenvalue weighted by Gasteiger charge is -2.39. The van der Waals surface area contributed by atoms with Gasteiger partial charge in [0, 0.05) is 5.41 Å². The molecule has 0 amide bonds. The maximum absolute atomic E-state index is 12.8. The van der Waals surface area contributed by atoms with E-state index in [2.05, 4.69) is 48.5 Å². The van der Waals surface area contributed by atoms with Gasteiger partial charge in [-0.05, 0) is 59.4 Å². The SMILES string of the molecule is C/C=C/COc1cccc2c1C(=O)C=CC21Cc2cccc3cccc(c23)C1. The topological polar surface area (TPSA) is 26.3 Å². The largest absolute Gasteiger partial charge is 0.489 e. The zero-order chi connectivity index (χ0) is 19.1. The van der Waals surface area contributed by atoms with Crippen LogP contribution in [0.25, 0.3) is 10.8 Å². The second kappa shape index (κ2) is 6.49. The van der Waals surface area contributed by atoms with Crippen molar-refractivity contribution in [2.45, 2.75) is 25.2 Å². The average Bonchev–Trinajstić information content (AvgIpc) is 2.72. The van der Waals surface area contributed by atoms with E-state index in [-0.39, 0.29) is 11.2 Å². The number of hydrogen-bond donors (Lipinski definition) is 0. The van der Waals surface area contributed by atoms with Gasteiger partial charge in [-0.3, -0.25) is 4.79 Å². The Bertz CT molecular complexity index is 1110. The van der Waals surface area contributed by atoms with Gasteiger partial charge in [0.05, 0.1) is 5.56 Å². The predicted octanol–water partition coefficient (Wildman–Crippen LogP) is 5.58. The van der Waals surface area contributed by atoms with Crippen molar-refractivity contribution >= 4 is 16.6 Å². The van der Waals surface area contributed by atoms with Crippen LogP contribution in [0.2, 0.25) is 0 Å². The first kappa shape index (κ1) is 17.0. The van der Waals surface area contributed by atoms with E-state index in [0.29, 0.717) is 12.4 Å². The van der Waals surface area contributed by atoms with Crippen LogP contribution in [-0.2, 0) is 18.3 Å². The molecular formula is C26H22O2. The minimum Gasteiger partial charge on any atom is -0.489 e. The summed E-state index contributed by atoms with van der Waals surface area (Å²) in [4.78, 5) is 12.8. The molecule has 0 radical (unpaired) electrons. The highest BCUT2D eigenvalue weighted by Gasteiger charge is 2.40. The van der Waals surface area contributed by atoms with E-state index in [0.717, 1.165) is 24.0 Å². The molecule has 5 rings (SSSR count). The summed E-state index contributed by atoms with van der Waals surface area (Å²) in [6.45, 7) is 2.44. The molecule has 28 heavy (non-hydrogen) atoms. The first-order chi connectivity index (χ1) is 13.7. The number of benzene rings is 3. The van der Waals surface area contributed by atoms with Crippen LogP contribution < -0.4 is 4.74 Å². The minimum absolute atomic E-state index is 0.0359. The highest BCUT2D eigenvalue weighted by atomic mass is 16.5. The lowest BCUT2D eigenvalue weighted by Crippen LogP contribution is -2.36. The van der Waals surface area contributed by atoms with E-state index < -0.39 is 0 Å². The highest BCUT2D eigenvalue weighted by molar-refractivity contribution is 6.09. The molecule has 0 atom stereocenters. The zero-order valence-corrected chi connectivity index (χ0v) is 15.9. The summed E-state index contributed by atoms with van der Waals surface area (Å²) in [6.07, 6.45) is 9.58.